The molecular weight excluding hydrogens is 289 g/mol. The zero-order valence-corrected chi connectivity index (χ0v) is 16.4. The second-order valence-electron chi connectivity index (χ2n) is 7.56. The molecule has 0 radical (unpaired) electrons. The molecule has 0 saturated carbocycles. The average Bonchev–Trinajstić information content (AvgIpc) is 2.52. The Morgan fingerprint density at radius 3 is 1.77 bits per heavy atom. The Bertz CT molecular complexity index is 321. The molecule has 3 heteroatoms. The van der Waals surface area contributed by atoms with E-state index in [4.69, 9.17) is 0 Å². The lowest BCUT2D eigenvalue weighted by molar-refractivity contribution is 0.430. The Balaban J connectivity index is 2.56. The van der Waals surface area contributed by atoms with Crippen LogP contribution >= 0.6 is 7.14 Å². The maximum absolute atomic E-state index is 13.6. The first-order valence-electron chi connectivity index (χ1n) is 9.87. The molecule has 0 aromatic carbocycles. The van der Waals surface area contributed by atoms with E-state index in [2.05, 4.69) is 26.1 Å². The summed E-state index contributed by atoms with van der Waals surface area (Å²) in [6.07, 6.45) is 16.1. The van der Waals surface area contributed by atoms with Crippen molar-refractivity contribution in [3.63, 3.8) is 0 Å². The molecule has 1 aliphatic heterocycles. The standard InChI is InChI=1S/C19H40NOP/c1-4-6-8-10-12-14-19(3,13-11-9-7-5-2)22(21)17-15-20-16-18-22/h20H,4-18H2,1-3H3. The summed E-state index contributed by atoms with van der Waals surface area (Å²) in [7, 11) is -2.00. The van der Waals surface area contributed by atoms with Gasteiger partial charge in [0.15, 0.2) is 0 Å². The van der Waals surface area contributed by atoms with Crippen molar-refractivity contribution in [2.24, 2.45) is 0 Å². The Hall–Kier alpha value is 0.190. The Labute approximate surface area is 139 Å². The summed E-state index contributed by atoms with van der Waals surface area (Å²) in [5.41, 5.74) is 0. The average molecular weight is 330 g/mol. The third-order valence-electron chi connectivity index (χ3n) is 5.67. The number of rotatable bonds is 12. The molecule has 2 nitrogen and oxygen atoms in total. The number of unbranched alkanes of at least 4 members (excludes halogenated alkanes) is 7. The van der Waals surface area contributed by atoms with Crippen LogP contribution in [0.4, 0.5) is 0 Å². The highest BCUT2D eigenvalue weighted by Gasteiger charge is 2.43. The molecule has 0 bridgehead atoms. The molecule has 0 spiro atoms. The number of hydrogen-bond donors (Lipinski definition) is 1. The summed E-state index contributed by atoms with van der Waals surface area (Å²) in [5.74, 6) is 0. The van der Waals surface area contributed by atoms with E-state index in [0.717, 1.165) is 25.4 Å². The first-order valence-corrected chi connectivity index (χ1v) is 11.9. The van der Waals surface area contributed by atoms with Crippen molar-refractivity contribution >= 4 is 7.14 Å². The maximum atomic E-state index is 13.6. The third kappa shape index (κ3) is 6.36. The monoisotopic (exact) mass is 329 g/mol. The van der Waals surface area contributed by atoms with Crippen molar-refractivity contribution in [2.45, 2.75) is 96.6 Å². The zero-order chi connectivity index (χ0) is 16.3. The van der Waals surface area contributed by atoms with Crippen molar-refractivity contribution in [2.75, 3.05) is 25.4 Å². The van der Waals surface area contributed by atoms with Crippen LogP contribution in [-0.4, -0.2) is 30.6 Å². The Morgan fingerprint density at radius 2 is 1.27 bits per heavy atom. The summed E-state index contributed by atoms with van der Waals surface area (Å²) in [5, 5.41) is 3.52. The quantitative estimate of drug-likeness (QED) is 0.349. The van der Waals surface area contributed by atoms with Crippen LogP contribution in [0.3, 0.4) is 0 Å². The van der Waals surface area contributed by atoms with Gasteiger partial charge in [-0.05, 0) is 12.8 Å². The Kier molecular flexibility index (Phi) is 10.00. The molecule has 0 amide bonds. The van der Waals surface area contributed by atoms with Gasteiger partial charge in [0.1, 0.15) is 0 Å². The maximum Gasteiger partial charge on any atom is 0.0957 e. The highest BCUT2D eigenvalue weighted by molar-refractivity contribution is 7.65. The molecule has 132 valence electrons. The second-order valence-corrected chi connectivity index (χ2v) is 11.3. The SMILES string of the molecule is CCCCCCCC(C)(CCCCCC)P1(=O)CCNCC1. The molecule has 0 aliphatic carbocycles. The largest absolute Gasteiger partial charge is 0.323 e. The van der Waals surface area contributed by atoms with Crippen LogP contribution in [0.5, 0.6) is 0 Å². The molecule has 1 saturated heterocycles. The van der Waals surface area contributed by atoms with Gasteiger partial charge in [0.05, 0.1) is 7.14 Å². The van der Waals surface area contributed by atoms with E-state index in [1.165, 1.54) is 70.6 Å². The molecule has 1 heterocycles. The predicted octanol–water partition coefficient (Wildman–Crippen LogP) is 6.04. The van der Waals surface area contributed by atoms with Crippen LogP contribution in [0.15, 0.2) is 0 Å². The van der Waals surface area contributed by atoms with Crippen LogP contribution in [0.25, 0.3) is 0 Å². The van der Waals surface area contributed by atoms with Crippen LogP contribution in [0.2, 0.25) is 0 Å². The smallest absolute Gasteiger partial charge is 0.0957 e. The lowest BCUT2D eigenvalue weighted by Gasteiger charge is -2.41. The second kappa shape index (κ2) is 10.9. The summed E-state index contributed by atoms with van der Waals surface area (Å²) >= 11 is 0. The fraction of sp³-hybridized carbons (Fsp3) is 1.00. The van der Waals surface area contributed by atoms with E-state index >= 15 is 0 Å². The van der Waals surface area contributed by atoms with Gasteiger partial charge in [-0.2, -0.15) is 0 Å². The van der Waals surface area contributed by atoms with E-state index in [-0.39, 0.29) is 5.16 Å². The van der Waals surface area contributed by atoms with E-state index < -0.39 is 7.14 Å². The molecule has 1 atom stereocenters. The van der Waals surface area contributed by atoms with Gasteiger partial charge in [0.25, 0.3) is 0 Å². The molecule has 1 aliphatic rings. The van der Waals surface area contributed by atoms with Gasteiger partial charge in [-0.1, -0.05) is 78.6 Å². The van der Waals surface area contributed by atoms with Gasteiger partial charge in [-0.25, -0.2) is 0 Å². The normalized spacial score (nSPS) is 20.7. The lowest BCUT2D eigenvalue weighted by Crippen LogP contribution is -2.37. The third-order valence-corrected chi connectivity index (χ3v) is 9.98. The van der Waals surface area contributed by atoms with Crippen LogP contribution in [0, 0.1) is 0 Å². The highest BCUT2D eigenvalue weighted by atomic mass is 31.2. The molecule has 22 heavy (non-hydrogen) atoms. The van der Waals surface area contributed by atoms with E-state index in [1.807, 2.05) is 0 Å². The molecule has 1 fully saturated rings. The predicted molar refractivity (Wildman–Crippen MR) is 101 cm³/mol. The van der Waals surface area contributed by atoms with Crippen molar-refractivity contribution in [3.05, 3.63) is 0 Å². The topological polar surface area (TPSA) is 29.1 Å². The Morgan fingerprint density at radius 1 is 0.818 bits per heavy atom. The van der Waals surface area contributed by atoms with Crippen molar-refractivity contribution < 1.29 is 4.57 Å². The van der Waals surface area contributed by atoms with Gasteiger partial charge in [0, 0.05) is 30.6 Å². The van der Waals surface area contributed by atoms with Crippen molar-refractivity contribution in [1.82, 2.24) is 5.32 Å². The summed E-state index contributed by atoms with van der Waals surface area (Å²) in [6.45, 7) is 8.84. The van der Waals surface area contributed by atoms with Gasteiger partial charge < -0.3 is 9.88 Å². The molecule has 1 rings (SSSR count). The molecule has 0 aromatic heterocycles. The minimum atomic E-state index is -2.00. The van der Waals surface area contributed by atoms with Gasteiger partial charge >= 0.3 is 0 Å². The van der Waals surface area contributed by atoms with Crippen LogP contribution in [0.1, 0.15) is 91.4 Å². The van der Waals surface area contributed by atoms with Crippen LogP contribution < -0.4 is 5.32 Å². The summed E-state index contributed by atoms with van der Waals surface area (Å²) < 4.78 is 13.6. The fourth-order valence-electron chi connectivity index (χ4n) is 3.87. The van der Waals surface area contributed by atoms with Crippen molar-refractivity contribution in [1.29, 1.82) is 0 Å². The lowest BCUT2D eigenvalue weighted by atomic mass is 9.95. The fourth-order valence-corrected chi connectivity index (χ4v) is 7.34. The highest BCUT2D eigenvalue weighted by Crippen LogP contribution is 2.62. The summed E-state index contributed by atoms with van der Waals surface area (Å²) in [4.78, 5) is 0. The zero-order valence-electron chi connectivity index (χ0n) is 15.5. The molecule has 1 N–H and O–H groups in total. The van der Waals surface area contributed by atoms with Crippen molar-refractivity contribution in [3.8, 4) is 0 Å². The first kappa shape index (κ1) is 20.2. The first-order chi connectivity index (χ1) is 10.6. The minimum absolute atomic E-state index is 0.120. The van der Waals surface area contributed by atoms with E-state index in [0.29, 0.717) is 0 Å². The molecular formula is C19H40NOP. The minimum Gasteiger partial charge on any atom is -0.323 e. The number of hydrogen-bond acceptors (Lipinski definition) is 2. The van der Waals surface area contributed by atoms with Gasteiger partial charge in [0.2, 0.25) is 0 Å². The van der Waals surface area contributed by atoms with Gasteiger partial charge in [-0.15, -0.1) is 0 Å². The number of nitrogens with one attached hydrogen (secondary N) is 1. The molecule has 0 aromatic rings. The molecule has 1 unspecified atom stereocenters. The van der Waals surface area contributed by atoms with E-state index in [9.17, 15) is 4.57 Å². The summed E-state index contributed by atoms with van der Waals surface area (Å²) in [6, 6.07) is 0. The van der Waals surface area contributed by atoms with Gasteiger partial charge in [-0.3, -0.25) is 0 Å². The van der Waals surface area contributed by atoms with E-state index in [1.54, 1.807) is 0 Å². The van der Waals surface area contributed by atoms with Crippen LogP contribution in [-0.2, 0) is 4.57 Å².